The first-order chi connectivity index (χ1) is 8.56. The Hall–Kier alpha value is -1.56. The second-order valence-electron chi connectivity index (χ2n) is 3.90. The fourth-order valence-electron chi connectivity index (χ4n) is 0.927. The lowest BCUT2D eigenvalue weighted by atomic mass is 10.2. The standard InChI is InChI=1S/C12H21NO5.H2/c1-4-11(14)17-6-5-13-12(15)18-8-7-16-9-10(2)3;/h4,10H,1,5-9H2,2-3H3,(H,13,15);1H. The zero-order valence-electron chi connectivity index (χ0n) is 10.9. The maximum Gasteiger partial charge on any atom is 0.407 e. The molecule has 0 aromatic carbocycles. The normalized spacial score (nSPS) is 9.94. The van der Waals surface area contributed by atoms with Crippen molar-refractivity contribution in [2.75, 3.05) is 33.0 Å². The van der Waals surface area contributed by atoms with Gasteiger partial charge < -0.3 is 19.5 Å². The Morgan fingerprint density at radius 1 is 1.28 bits per heavy atom. The molecule has 0 aromatic rings. The Morgan fingerprint density at radius 2 is 2.00 bits per heavy atom. The van der Waals surface area contributed by atoms with Crippen LogP contribution in [0.2, 0.25) is 0 Å². The molecule has 0 aliphatic heterocycles. The van der Waals surface area contributed by atoms with Gasteiger partial charge in [-0.1, -0.05) is 20.4 Å². The van der Waals surface area contributed by atoms with E-state index in [-0.39, 0.29) is 21.2 Å². The summed E-state index contributed by atoms with van der Waals surface area (Å²) in [5.41, 5.74) is 0. The third-order valence-corrected chi connectivity index (χ3v) is 1.69. The monoisotopic (exact) mass is 261 g/mol. The molecule has 6 heteroatoms. The summed E-state index contributed by atoms with van der Waals surface area (Å²) >= 11 is 0. The third-order valence-electron chi connectivity index (χ3n) is 1.69. The van der Waals surface area contributed by atoms with Crippen molar-refractivity contribution >= 4 is 12.1 Å². The van der Waals surface area contributed by atoms with Crippen molar-refractivity contribution in [2.45, 2.75) is 13.8 Å². The summed E-state index contributed by atoms with van der Waals surface area (Å²) in [6.45, 7) is 8.82. The Balaban J connectivity index is 0. The minimum absolute atomic E-state index is 0. The summed E-state index contributed by atoms with van der Waals surface area (Å²) in [5.74, 6) is -0.0642. The maximum absolute atomic E-state index is 11.1. The highest BCUT2D eigenvalue weighted by Crippen LogP contribution is 1.91. The number of ether oxygens (including phenoxy) is 3. The summed E-state index contributed by atoms with van der Waals surface area (Å²) in [6, 6.07) is 0. The highest BCUT2D eigenvalue weighted by atomic mass is 16.6. The molecule has 0 spiro atoms. The van der Waals surface area contributed by atoms with E-state index in [1.807, 2.05) is 13.8 Å². The van der Waals surface area contributed by atoms with E-state index in [4.69, 9.17) is 9.47 Å². The van der Waals surface area contributed by atoms with Crippen LogP contribution < -0.4 is 5.32 Å². The van der Waals surface area contributed by atoms with Crippen LogP contribution in [0.4, 0.5) is 4.79 Å². The molecule has 0 heterocycles. The molecule has 0 aromatic heterocycles. The van der Waals surface area contributed by atoms with Crippen LogP contribution in [0.25, 0.3) is 0 Å². The van der Waals surface area contributed by atoms with Crippen molar-refractivity contribution in [3.63, 3.8) is 0 Å². The van der Waals surface area contributed by atoms with Gasteiger partial charge in [0.15, 0.2) is 0 Å². The van der Waals surface area contributed by atoms with E-state index in [2.05, 4.69) is 16.6 Å². The quantitative estimate of drug-likeness (QED) is 0.385. The first-order valence-corrected chi connectivity index (χ1v) is 5.83. The number of rotatable bonds is 9. The molecule has 0 radical (unpaired) electrons. The van der Waals surface area contributed by atoms with Gasteiger partial charge in [-0.3, -0.25) is 0 Å². The average molecular weight is 261 g/mol. The van der Waals surface area contributed by atoms with Crippen molar-refractivity contribution in [1.82, 2.24) is 5.32 Å². The average Bonchev–Trinajstić information content (AvgIpc) is 2.33. The highest BCUT2D eigenvalue weighted by molar-refractivity contribution is 5.81. The van der Waals surface area contributed by atoms with Crippen LogP contribution in [0.15, 0.2) is 12.7 Å². The lowest BCUT2D eigenvalue weighted by molar-refractivity contribution is -0.137. The molecule has 0 rings (SSSR count). The smallest absolute Gasteiger partial charge is 0.407 e. The number of nitrogens with one attached hydrogen (secondary N) is 1. The van der Waals surface area contributed by atoms with Gasteiger partial charge in [-0.15, -0.1) is 0 Å². The van der Waals surface area contributed by atoms with Crippen molar-refractivity contribution in [3.05, 3.63) is 12.7 Å². The van der Waals surface area contributed by atoms with Gasteiger partial charge in [0.1, 0.15) is 13.2 Å². The largest absolute Gasteiger partial charge is 0.461 e. The van der Waals surface area contributed by atoms with Crippen LogP contribution in [0.3, 0.4) is 0 Å². The van der Waals surface area contributed by atoms with E-state index in [0.717, 1.165) is 6.08 Å². The zero-order valence-corrected chi connectivity index (χ0v) is 10.9. The van der Waals surface area contributed by atoms with Crippen LogP contribution in [-0.2, 0) is 19.0 Å². The fraction of sp³-hybridized carbons (Fsp3) is 0.667. The van der Waals surface area contributed by atoms with Crippen LogP contribution in [-0.4, -0.2) is 45.0 Å². The molecule has 1 amide bonds. The van der Waals surface area contributed by atoms with Crippen LogP contribution >= 0.6 is 0 Å². The molecule has 106 valence electrons. The van der Waals surface area contributed by atoms with Crippen molar-refractivity contribution in [3.8, 4) is 0 Å². The predicted molar refractivity (Wildman–Crippen MR) is 68.3 cm³/mol. The van der Waals surface area contributed by atoms with E-state index in [0.29, 0.717) is 19.1 Å². The molecule has 18 heavy (non-hydrogen) atoms. The van der Waals surface area contributed by atoms with Crippen LogP contribution in [0.1, 0.15) is 15.3 Å². The molecule has 0 aliphatic carbocycles. The second kappa shape index (κ2) is 10.6. The number of esters is 1. The lowest BCUT2D eigenvalue weighted by Gasteiger charge is -2.08. The molecule has 0 aliphatic rings. The summed E-state index contributed by atoms with van der Waals surface area (Å²) in [6.07, 6.45) is 0.502. The number of hydrogen-bond acceptors (Lipinski definition) is 5. The predicted octanol–water partition coefficient (Wildman–Crippen LogP) is 1.36. The Morgan fingerprint density at radius 3 is 2.61 bits per heavy atom. The SMILES string of the molecule is C=CC(=O)OCCNC(=O)OCCOCC(C)C.[HH]. The number of amides is 1. The molecule has 6 nitrogen and oxygen atoms in total. The lowest BCUT2D eigenvalue weighted by Crippen LogP contribution is -2.29. The molecule has 0 atom stereocenters. The minimum atomic E-state index is -0.558. The zero-order chi connectivity index (χ0) is 13.8. The number of carbonyl (C=O) groups is 2. The van der Waals surface area contributed by atoms with Gasteiger partial charge >= 0.3 is 12.1 Å². The molecule has 0 saturated heterocycles. The third kappa shape index (κ3) is 10.9. The Labute approximate surface area is 109 Å². The molecule has 0 fully saturated rings. The summed E-state index contributed by atoms with van der Waals surface area (Å²) in [4.78, 5) is 21.8. The summed E-state index contributed by atoms with van der Waals surface area (Å²) < 4.78 is 14.7. The van der Waals surface area contributed by atoms with Crippen molar-refractivity contribution in [1.29, 1.82) is 0 Å². The van der Waals surface area contributed by atoms with E-state index < -0.39 is 12.1 Å². The van der Waals surface area contributed by atoms with Crippen LogP contribution in [0, 0.1) is 5.92 Å². The second-order valence-corrected chi connectivity index (χ2v) is 3.90. The van der Waals surface area contributed by atoms with Crippen molar-refractivity contribution < 1.29 is 25.2 Å². The maximum atomic E-state index is 11.1. The summed E-state index contributed by atoms with van der Waals surface area (Å²) in [7, 11) is 0. The van der Waals surface area contributed by atoms with Gasteiger partial charge in [0, 0.05) is 14.1 Å². The van der Waals surface area contributed by atoms with E-state index >= 15 is 0 Å². The van der Waals surface area contributed by atoms with Crippen molar-refractivity contribution in [2.24, 2.45) is 5.92 Å². The Kier molecular flexibility index (Phi) is 9.67. The van der Waals surface area contributed by atoms with Gasteiger partial charge in [0.05, 0.1) is 13.2 Å². The van der Waals surface area contributed by atoms with Gasteiger partial charge in [-0.05, 0) is 5.92 Å². The van der Waals surface area contributed by atoms with E-state index in [9.17, 15) is 9.59 Å². The minimum Gasteiger partial charge on any atom is -0.461 e. The van der Waals surface area contributed by atoms with Crippen LogP contribution in [0.5, 0.6) is 0 Å². The summed E-state index contributed by atoms with van der Waals surface area (Å²) in [5, 5.41) is 2.43. The Bertz CT molecular complexity index is 271. The van der Waals surface area contributed by atoms with E-state index in [1.54, 1.807) is 0 Å². The van der Waals surface area contributed by atoms with Gasteiger partial charge in [-0.25, -0.2) is 9.59 Å². The first-order valence-electron chi connectivity index (χ1n) is 5.83. The molecular formula is C12H23NO5. The molecule has 0 unspecified atom stereocenters. The number of hydrogen-bond donors (Lipinski definition) is 1. The van der Waals surface area contributed by atoms with Gasteiger partial charge in [0.2, 0.25) is 0 Å². The highest BCUT2D eigenvalue weighted by Gasteiger charge is 2.02. The fourth-order valence-corrected chi connectivity index (χ4v) is 0.927. The first kappa shape index (κ1) is 16.4. The molecule has 1 N–H and O–H groups in total. The van der Waals surface area contributed by atoms with Gasteiger partial charge in [-0.2, -0.15) is 0 Å². The number of carbonyl (C=O) groups excluding carboxylic acids is 2. The topological polar surface area (TPSA) is 73.9 Å². The molecule has 0 bridgehead atoms. The number of alkyl carbamates (subject to hydrolysis) is 1. The molecular weight excluding hydrogens is 238 g/mol. The molecule has 0 saturated carbocycles. The van der Waals surface area contributed by atoms with E-state index in [1.165, 1.54) is 0 Å². The van der Waals surface area contributed by atoms with Gasteiger partial charge in [0.25, 0.3) is 0 Å².